The molecule has 0 saturated heterocycles. The topological polar surface area (TPSA) is 84.2 Å². The predicted octanol–water partition coefficient (Wildman–Crippen LogP) is 1.67. The first-order valence-corrected chi connectivity index (χ1v) is 7.11. The van der Waals surface area contributed by atoms with Gasteiger partial charge in [-0.25, -0.2) is 0 Å². The van der Waals surface area contributed by atoms with Crippen LogP contribution < -0.4 is 16.4 Å². The third-order valence-electron chi connectivity index (χ3n) is 3.29. The molecule has 2 amide bonds. The Bertz CT molecular complexity index is 549. The quantitative estimate of drug-likeness (QED) is 0.736. The van der Waals surface area contributed by atoms with Crippen LogP contribution in [0.25, 0.3) is 0 Å². The highest BCUT2D eigenvalue weighted by Gasteiger charge is 2.22. The molecule has 1 aromatic carbocycles. The van der Waals surface area contributed by atoms with Crippen molar-refractivity contribution in [3.63, 3.8) is 0 Å². The summed E-state index contributed by atoms with van der Waals surface area (Å²) in [6.45, 7) is 3.82. The van der Waals surface area contributed by atoms with Gasteiger partial charge in [0.2, 0.25) is 5.91 Å². The first-order chi connectivity index (χ1) is 9.95. The van der Waals surface area contributed by atoms with Crippen LogP contribution in [0.3, 0.4) is 0 Å². The maximum atomic E-state index is 12.0. The van der Waals surface area contributed by atoms with E-state index in [1.165, 1.54) is 0 Å². The van der Waals surface area contributed by atoms with Crippen LogP contribution in [0.2, 0.25) is 0 Å². The van der Waals surface area contributed by atoms with E-state index in [4.69, 9.17) is 5.73 Å². The van der Waals surface area contributed by atoms with Crippen molar-refractivity contribution in [2.24, 2.45) is 11.7 Å². The van der Waals surface area contributed by atoms with E-state index in [9.17, 15) is 9.59 Å². The van der Waals surface area contributed by atoms with Crippen LogP contribution in [-0.4, -0.2) is 23.9 Å². The third kappa shape index (κ3) is 4.16. The van der Waals surface area contributed by atoms with Crippen molar-refractivity contribution in [2.75, 3.05) is 5.32 Å². The molecule has 5 heteroatoms. The number of benzene rings is 1. The Morgan fingerprint density at radius 2 is 1.86 bits per heavy atom. The van der Waals surface area contributed by atoms with Crippen molar-refractivity contribution >= 4 is 17.5 Å². The molecule has 0 fully saturated rings. The Morgan fingerprint density at radius 1 is 1.19 bits per heavy atom. The molecule has 112 valence electrons. The van der Waals surface area contributed by atoms with Crippen molar-refractivity contribution < 1.29 is 9.59 Å². The van der Waals surface area contributed by atoms with Gasteiger partial charge in [-0.3, -0.25) is 9.59 Å². The summed E-state index contributed by atoms with van der Waals surface area (Å²) >= 11 is 0. The molecule has 0 spiro atoms. The highest BCUT2D eigenvalue weighted by atomic mass is 16.2. The lowest BCUT2D eigenvalue weighted by Crippen LogP contribution is -2.30. The van der Waals surface area contributed by atoms with Gasteiger partial charge in [0.05, 0.1) is 5.92 Å². The molecule has 2 rings (SSSR count). The van der Waals surface area contributed by atoms with E-state index in [-0.39, 0.29) is 29.8 Å². The summed E-state index contributed by atoms with van der Waals surface area (Å²) in [5.74, 6) is -0.366. The predicted molar refractivity (Wildman–Crippen MR) is 82.9 cm³/mol. The Kier molecular flexibility index (Phi) is 4.75. The van der Waals surface area contributed by atoms with Crippen LogP contribution in [0.1, 0.15) is 30.6 Å². The minimum atomic E-state index is -0.177. The van der Waals surface area contributed by atoms with E-state index >= 15 is 0 Å². The molecule has 5 nitrogen and oxygen atoms in total. The fraction of sp³-hybridized carbons (Fsp3) is 0.375. The van der Waals surface area contributed by atoms with Gasteiger partial charge < -0.3 is 16.4 Å². The number of hydrogen-bond acceptors (Lipinski definition) is 3. The molecular weight excluding hydrogens is 266 g/mol. The number of rotatable bonds is 4. The average molecular weight is 287 g/mol. The fourth-order valence-electron chi connectivity index (χ4n) is 2.21. The number of nitrogens with two attached hydrogens (primary N) is 1. The Hall–Kier alpha value is -2.14. The zero-order chi connectivity index (χ0) is 15.4. The van der Waals surface area contributed by atoms with Gasteiger partial charge in [-0.2, -0.15) is 0 Å². The molecule has 0 aliphatic heterocycles. The molecule has 1 aliphatic carbocycles. The SMILES string of the molecule is CC(C)NC(=O)c1ccc(NC(=O)C2C=CC(N)C2)cc1. The van der Waals surface area contributed by atoms with E-state index in [0.29, 0.717) is 17.7 Å². The number of hydrogen-bond donors (Lipinski definition) is 3. The van der Waals surface area contributed by atoms with Gasteiger partial charge in [0, 0.05) is 23.3 Å². The van der Waals surface area contributed by atoms with E-state index in [1.54, 1.807) is 24.3 Å². The van der Waals surface area contributed by atoms with Gasteiger partial charge in [-0.1, -0.05) is 12.2 Å². The zero-order valence-corrected chi connectivity index (χ0v) is 12.3. The monoisotopic (exact) mass is 287 g/mol. The summed E-state index contributed by atoms with van der Waals surface area (Å²) in [6, 6.07) is 6.91. The summed E-state index contributed by atoms with van der Waals surface area (Å²) in [6.07, 6.45) is 4.33. The van der Waals surface area contributed by atoms with Gasteiger partial charge in [-0.05, 0) is 44.5 Å². The zero-order valence-electron chi connectivity index (χ0n) is 12.3. The molecule has 1 aromatic rings. The lowest BCUT2D eigenvalue weighted by molar-refractivity contribution is -0.118. The second-order valence-electron chi connectivity index (χ2n) is 5.59. The van der Waals surface area contributed by atoms with Gasteiger partial charge in [-0.15, -0.1) is 0 Å². The largest absolute Gasteiger partial charge is 0.350 e. The summed E-state index contributed by atoms with van der Waals surface area (Å²) in [4.78, 5) is 23.8. The van der Waals surface area contributed by atoms with E-state index in [1.807, 2.05) is 26.0 Å². The standard InChI is InChI=1S/C16H21N3O2/c1-10(2)18-15(20)11-4-7-14(8-5-11)19-16(21)12-3-6-13(17)9-12/h3-8,10,12-13H,9,17H2,1-2H3,(H,18,20)(H,19,21). The molecule has 4 N–H and O–H groups in total. The number of anilines is 1. The number of carbonyl (C=O) groups is 2. The van der Waals surface area contributed by atoms with Crippen LogP contribution >= 0.6 is 0 Å². The molecule has 0 heterocycles. The summed E-state index contributed by atoms with van der Waals surface area (Å²) < 4.78 is 0. The molecule has 0 radical (unpaired) electrons. The molecule has 1 aliphatic rings. The van der Waals surface area contributed by atoms with Crippen molar-refractivity contribution in [3.8, 4) is 0 Å². The second-order valence-corrected chi connectivity index (χ2v) is 5.59. The molecule has 2 unspecified atom stereocenters. The first kappa shape index (κ1) is 15.3. The summed E-state index contributed by atoms with van der Waals surface area (Å²) in [5.41, 5.74) is 6.99. The highest BCUT2D eigenvalue weighted by molar-refractivity contribution is 5.96. The van der Waals surface area contributed by atoms with Gasteiger partial charge >= 0.3 is 0 Å². The maximum Gasteiger partial charge on any atom is 0.251 e. The van der Waals surface area contributed by atoms with Crippen molar-refractivity contribution in [2.45, 2.75) is 32.4 Å². The highest BCUT2D eigenvalue weighted by Crippen LogP contribution is 2.19. The molecule has 0 saturated carbocycles. The summed E-state index contributed by atoms with van der Waals surface area (Å²) in [7, 11) is 0. The molecule has 0 aromatic heterocycles. The van der Waals surface area contributed by atoms with Gasteiger partial charge in [0.15, 0.2) is 0 Å². The van der Waals surface area contributed by atoms with E-state index in [0.717, 1.165) is 0 Å². The lowest BCUT2D eigenvalue weighted by Gasteiger charge is -2.11. The first-order valence-electron chi connectivity index (χ1n) is 7.11. The van der Waals surface area contributed by atoms with Crippen LogP contribution in [0.5, 0.6) is 0 Å². The fourth-order valence-corrected chi connectivity index (χ4v) is 2.21. The van der Waals surface area contributed by atoms with Crippen LogP contribution in [0, 0.1) is 5.92 Å². The normalized spacial score (nSPS) is 20.6. The number of carbonyl (C=O) groups excluding carboxylic acids is 2. The minimum absolute atomic E-state index is 0.0390. The smallest absolute Gasteiger partial charge is 0.251 e. The Morgan fingerprint density at radius 3 is 2.38 bits per heavy atom. The molecule has 21 heavy (non-hydrogen) atoms. The van der Waals surface area contributed by atoms with Gasteiger partial charge in [0.25, 0.3) is 5.91 Å². The average Bonchev–Trinajstić information content (AvgIpc) is 2.85. The Balaban J connectivity index is 1.95. The minimum Gasteiger partial charge on any atom is -0.350 e. The molecular formula is C16H21N3O2. The van der Waals surface area contributed by atoms with Crippen LogP contribution in [0.15, 0.2) is 36.4 Å². The van der Waals surface area contributed by atoms with Crippen molar-refractivity contribution in [1.29, 1.82) is 0 Å². The Labute approximate surface area is 124 Å². The number of amides is 2. The maximum absolute atomic E-state index is 12.0. The van der Waals surface area contributed by atoms with E-state index < -0.39 is 0 Å². The van der Waals surface area contributed by atoms with Crippen LogP contribution in [-0.2, 0) is 4.79 Å². The van der Waals surface area contributed by atoms with Crippen molar-refractivity contribution in [3.05, 3.63) is 42.0 Å². The van der Waals surface area contributed by atoms with E-state index in [2.05, 4.69) is 10.6 Å². The summed E-state index contributed by atoms with van der Waals surface area (Å²) in [5, 5.41) is 5.65. The molecule has 2 atom stereocenters. The van der Waals surface area contributed by atoms with Gasteiger partial charge in [0.1, 0.15) is 0 Å². The number of nitrogens with one attached hydrogen (secondary N) is 2. The van der Waals surface area contributed by atoms with Crippen molar-refractivity contribution in [1.82, 2.24) is 5.32 Å². The van der Waals surface area contributed by atoms with Crippen LogP contribution in [0.4, 0.5) is 5.69 Å². The lowest BCUT2D eigenvalue weighted by atomic mass is 10.1. The molecule has 0 bridgehead atoms. The second kappa shape index (κ2) is 6.54. The third-order valence-corrected chi connectivity index (χ3v) is 3.29.